The summed E-state index contributed by atoms with van der Waals surface area (Å²) in [5.41, 5.74) is 1.28. The summed E-state index contributed by atoms with van der Waals surface area (Å²) in [6.45, 7) is 11.6. The zero-order chi connectivity index (χ0) is 17.2. The Labute approximate surface area is 145 Å². The normalized spacial score (nSPS) is 27.0. The highest BCUT2D eigenvalue weighted by molar-refractivity contribution is 5.79. The molecule has 2 heterocycles. The van der Waals surface area contributed by atoms with Crippen molar-refractivity contribution in [1.82, 2.24) is 9.80 Å². The Hall–Kier alpha value is -1.39. The minimum Gasteiger partial charge on any atom is -0.379 e. The molecule has 0 bridgehead atoms. The number of hydrogen-bond acceptors (Lipinski definition) is 3. The summed E-state index contributed by atoms with van der Waals surface area (Å²) in [5.74, 6) is 0.802. The first-order valence-corrected chi connectivity index (χ1v) is 9.14. The van der Waals surface area contributed by atoms with E-state index in [4.69, 9.17) is 4.74 Å². The van der Waals surface area contributed by atoms with Gasteiger partial charge < -0.3 is 9.64 Å². The molecule has 4 heteroatoms. The van der Waals surface area contributed by atoms with Crippen LogP contribution in [0.2, 0.25) is 0 Å². The molecule has 3 rings (SSSR count). The van der Waals surface area contributed by atoms with E-state index in [1.807, 2.05) is 4.90 Å². The van der Waals surface area contributed by atoms with Crippen LogP contribution in [0.1, 0.15) is 38.8 Å². The van der Waals surface area contributed by atoms with Crippen molar-refractivity contribution in [2.45, 2.75) is 33.2 Å². The number of benzene rings is 1. The molecule has 132 valence electrons. The summed E-state index contributed by atoms with van der Waals surface area (Å²) in [6.07, 6.45) is 0.623. The predicted octanol–water partition coefficient (Wildman–Crippen LogP) is 2.95. The fourth-order valence-corrected chi connectivity index (χ4v) is 4.09. The first kappa shape index (κ1) is 17.4. The van der Waals surface area contributed by atoms with Crippen LogP contribution in [0.5, 0.6) is 0 Å². The van der Waals surface area contributed by atoms with Crippen LogP contribution < -0.4 is 0 Å². The van der Waals surface area contributed by atoms with Gasteiger partial charge in [-0.1, -0.05) is 44.2 Å². The molecule has 1 aromatic rings. The van der Waals surface area contributed by atoms with Crippen LogP contribution in [0.15, 0.2) is 30.3 Å². The highest BCUT2D eigenvalue weighted by atomic mass is 16.5. The lowest BCUT2D eigenvalue weighted by atomic mass is 9.86. The zero-order valence-electron chi connectivity index (χ0n) is 15.2. The molecule has 0 radical (unpaired) electrons. The van der Waals surface area contributed by atoms with Gasteiger partial charge in [-0.05, 0) is 18.4 Å². The van der Waals surface area contributed by atoms with Crippen molar-refractivity contribution in [1.29, 1.82) is 0 Å². The number of amides is 1. The van der Waals surface area contributed by atoms with E-state index in [-0.39, 0.29) is 5.41 Å². The first-order chi connectivity index (χ1) is 11.5. The van der Waals surface area contributed by atoms with Gasteiger partial charge in [0.25, 0.3) is 0 Å². The van der Waals surface area contributed by atoms with Gasteiger partial charge in [0.2, 0.25) is 5.91 Å². The molecule has 2 fully saturated rings. The van der Waals surface area contributed by atoms with Crippen molar-refractivity contribution in [3.8, 4) is 0 Å². The molecule has 2 aliphatic heterocycles. The molecule has 1 amide bonds. The first-order valence-electron chi connectivity index (χ1n) is 9.14. The summed E-state index contributed by atoms with van der Waals surface area (Å²) in [7, 11) is 0. The summed E-state index contributed by atoms with van der Waals surface area (Å²) in [6, 6.07) is 11.0. The third kappa shape index (κ3) is 3.81. The van der Waals surface area contributed by atoms with E-state index in [1.165, 1.54) is 5.56 Å². The minimum absolute atomic E-state index is 0.0501. The molecule has 4 nitrogen and oxygen atoms in total. The number of carbonyl (C=O) groups excluding carboxylic acids is 1. The second-order valence-electron chi connectivity index (χ2n) is 7.95. The molecule has 1 spiro atoms. The van der Waals surface area contributed by atoms with E-state index in [9.17, 15) is 4.79 Å². The Kier molecular flexibility index (Phi) is 5.26. The predicted molar refractivity (Wildman–Crippen MR) is 95.7 cm³/mol. The third-order valence-corrected chi connectivity index (χ3v) is 5.29. The van der Waals surface area contributed by atoms with Gasteiger partial charge in [-0.3, -0.25) is 9.69 Å². The van der Waals surface area contributed by atoms with E-state index < -0.39 is 0 Å². The lowest BCUT2D eigenvalue weighted by Crippen LogP contribution is -2.42. The maximum Gasteiger partial charge on any atom is 0.223 e. The van der Waals surface area contributed by atoms with Crippen LogP contribution in [0, 0.1) is 11.3 Å². The molecule has 1 aromatic carbocycles. The number of carbonyl (C=O) groups is 1. The zero-order valence-corrected chi connectivity index (χ0v) is 15.2. The largest absolute Gasteiger partial charge is 0.379 e. The van der Waals surface area contributed by atoms with Crippen molar-refractivity contribution >= 4 is 5.91 Å². The standard InChI is InChI=1S/C20H30N2O2/c1-16(2)12-22-14-20(11-19(22)23)13-21(9-10-24-15-20)17(3)18-7-5-4-6-8-18/h4-8,16-17H,9-15H2,1-3H3/t17-,20+/m1/s1. The van der Waals surface area contributed by atoms with Crippen molar-refractivity contribution in [3.05, 3.63) is 35.9 Å². The molecular weight excluding hydrogens is 300 g/mol. The third-order valence-electron chi connectivity index (χ3n) is 5.29. The molecule has 0 N–H and O–H groups in total. The van der Waals surface area contributed by atoms with Gasteiger partial charge in [-0.2, -0.15) is 0 Å². The summed E-state index contributed by atoms with van der Waals surface area (Å²) >= 11 is 0. The van der Waals surface area contributed by atoms with Gasteiger partial charge in [-0.15, -0.1) is 0 Å². The highest BCUT2D eigenvalue weighted by Gasteiger charge is 2.46. The van der Waals surface area contributed by atoms with Gasteiger partial charge in [0.15, 0.2) is 0 Å². The van der Waals surface area contributed by atoms with Gasteiger partial charge in [0.1, 0.15) is 0 Å². The van der Waals surface area contributed by atoms with Crippen LogP contribution in [0.4, 0.5) is 0 Å². The molecule has 2 atom stereocenters. The monoisotopic (exact) mass is 330 g/mol. The smallest absolute Gasteiger partial charge is 0.223 e. The van der Waals surface area contributed by atoms with Gasteiger partial charge in [-0.25, -0.2) is 0 Å². The lowest BCUT2D eigenvalue weighted by molar-refractivity contribution is -0.128. The molecule has 0 saturated carbocycles. The topological polar surface area (TPSA) is 32.8 Å². The van der Waals surface area contributed by atoms with E-state index in [1.54, 1.807) is 0 Å². The molecule has 24 heavy (non-hydrogen) atoms. The van der Waals surface area contributed by atoms with Gasteiger partial charge >= 0.3 is 0 Å². The molecule has 0 unspecified atom stereocenters. The Balaban J connectivity index is 1.74. The van der Waals surface area contributed by atoms with Gasteiger partial charge in [0, 0.05) is 44.1 Å². The summed E-state index contributed by atoms with van der Waals surface area (Å²) < 4.78 is 5.93. The second-order valence-corrected chi connectivity index (χ2v) is 7.95. The number of nitrogens with zero attached hydrogens (tertiary/aromatic N) is 2. The van der Waals surface area contributed by atoms with Crippen molar-refractivity contribution in [3.63, 3.8) is 0 Å². The number of rotatable bonds is 4. The fourth-order valence-electron chi connectivity index (χ4n) is 4.09. The van der Waals surface area contributed by atoms with Crippen molar-refractivity contribution in [2.24, 2.45) is 11.3 Å². The lowest BCUT2D eigenvalue weighted by Gasteiger charge is -2.35. The quantitative estimate of drug-likeness (QED) is 0.851. The number of hydrogen-bond donors (Lipinski definition) is 0. The minimum atomic E-state index is -0.0501. The maximum absolute atomic E-state index is 12.5. The number of ether oxygens (including phenoxy) is 1. The molecule has 2 aliphatic rings. The SMILES string of the molecule is CC(C)CN1C[C@]2(COCCN([C@H](C)c3ccccc3)C2)CC1=O. The number of likely N-dealkylation sites (tertiary alicyclic amines) is 1. The summed E-state index contributed by atoms with van der Waals surface area (Å²) in [4.78, 5) is 17.0. The second kappa shape index (κ2) is 7.24. The van der Waals surface area contributed by atoms with Crippen LogP contribution in [-0.4, -0.2) is 55.1 Å². The van der Waals surface area contributed by atoms with E-state index in [0.717, 1.165) is 32.8 Å². The van der Waals surface area contributed by atoms with E-state index in [0.29, 0.717) is 30.9 Å². The average molecular weight is 330 g/mol. The van der Waals surface area contributed by atoms with Gasteiger partial charge in [0.05, 0.1) is 13.2 Å². The summed E-state index contributed by atoms with van der Waals surface area (Å²) in [5, 5.41) is 0. The van der Waals surface area contributed by atoms with Crippen LogP contribution in [0.3, 0.4) is 0 Å². The highest BCUT2D eigenvalue weighted by Crippen LogP contribution is 2.37. The van der Waals surface area contributed by atoms with Crippen LogP contribution in [0.25, 0.3) is 0 Å². The van der Waals surface area contributed by atoms with Crippen LogP contribution >= 0.6 is 0 Å². The Morgan fingerprint density at radius 3 is 2.62 bits per heavy atom. The van der Waals surface area contributed by atoms with Crippen LogP contribution in [-0.2, 0) is 9.53 Å². The Bertz CT molecular complexity index is 560. The molecule has 0 aliphatic carbocycles. The maximum atomic E-state index is 12.5. The average Bonchev–Trinajstić information content (AvgIpc) is 2.72. The molecule has 2 saturated heterocycles. The van der Waals surface area contributed by atoms with Crippen molar-refractivity contribution in [2.75, 3.05) is 39.4 Å². The Morgan fingerprint density at radius 1 is 1.17 bits per heavy atom. The Morgan fingerprint density at radius 2 is 1.92 bits per heavy atom. The fraction of sp³-hybridized carbons (Fsp3) is 0.650. The molecule has 0 aromatic heterocycles. The van der Waals surface area contributed by atoms with E-state index >= 15 is 0 Å². The van der Waals surface area contributed by atoms with E-state index in [2.05, 4.69) is 56.0 Å². The van der Waals surface area contributed by atoms with Crippen molar-refractivity contribution < 1.29 is 9.53 Å². The molecular formula is C20H30N2O2.